The molecule has 0 unspecified atom stereocenters. The molecule has 0 aliphatic carbocycles. The van der Waals surface area contributed by atoms with Gasteiger partial charge in [0.05, 0.1) is 6.33 Å². The largest absolute Gasteiger partial charge is 0.344 e. The molecule has 3 N–H and O–H groups in total. The lowest BCUT2D eigenvalue weighted by atomic mass is 10.2. The fourth-order valence-corrected chi connectivity index (χ4v) is 1.20. The molecule has 0 spiro atoms. The van der Waals surface area contributed by atoms with Crippen LogP contribution in [0.15, 0.2) is 43.0 Å². The molecule has 0 amide bonds. The molecule has 0 saturated carbocycles. The summed E-state index contributed by atoms with van der Waals surface area (Å²) < 4.78 is 1.99. The number of aryl methyl sites for hydroxylation is 1. The van der Waals surface area contributed by atoms with E-state index in [9.17, 15) is 0 Å². The van der Waals surface area contributed by atoms with Crippen molar-refractivity contribution in [3.05, 3.63) is 48.5 Å². The third-order valence-corrected chi connectivity index (χ3v) is 1.80. The number of imidazole rings is 1. The van der Waals surface area contributed by atoms with Gasteiger partial charge in [0.1, 0.15) is 0 Å². The predicted molar refractivity (Wildman–Crippen MR) is 53.3 cm³/mol. The number of hydrogen-bond donors (Lipinski definition) is 1. The fourth-order valence-electron chi connectivity index (χ4n) is 1.20. The van der Waals surface area contributed by atoms with E-state index >= 15 is 0 Å². The van der Waals surface area contributed by atoms with Gasteiger partial charge in [-0.3, -0.25) is 0 Å². The van der Waals surface area contributed by atoms with Gasteiger partial charge in [-0.15, -0.1) is 0 Å². The van der Waals surface area contributed by atoms with E-state index in [1.165, 1.54) is 5.56 Å². The molecule has 3 nitrogen and oxygen atoms in total. The fraction of sp³-hybridized carbons (Fsp3) is 0.100. The molecular formula is C10H13N3. The maximum absolute atomic E-state index is 3.99. The van der Waals surface area contributed by atoms with Crippen molar-refractivity contribution in [2.24, 2.45) is 0 Å². The van der Waals surface area contributed by atoms with Crippen molar-refractivity contribution in [3.8, 4) is 5.69 Å². The smallest absolute Gasteiger partial charge is 0.0991 e. The first-order valence-corrected chi connectivity index (χ1v) is 3.91. The van der Waals surface area contributed by atoms with E-state index in [1.54, 1.807) is 12.5 Å². The van der Waals surface area contributed by atoms with Gasteiger partial charge in [-0.25, -0.2) is 4.98 Å². The first-order valence-electron chi connectivity index (χ1n) is 3.91. The van der Waals surface area contributed by atoms with Crippen molar-refractivity contribution >= 4 is 0 Å². The summed E-state index contributed by atoms with van der Waals surface area (Å²) in [5.74, 6) is 0. The van der Waals surface area contributed by atoms with Gasteiger partial charge in [-0.05, 0) is 24.6 Å². The van der Waals surface area contributed by atoms with Gasteiger partial charge < -0.3 is 10.7 Å². The third-order valence-electron chi connectivity index (χ3n) is 1.80. The van der Waals surface area contributed by atoms with Gasteiger partial charge in [0, 0.05) is 18.1 Å². The van der Waals surface area contributed by atoms with E-state index in [2.05, 4.69) is 30.1 Å². The van der Waals surface area contributed by atoms with Crippen LogP contribution in [-0.4, -0.2) is 9.55 Å². The highest BCUT2D eigenvalue weighted by atomic mass is 15.0. The minimum absolute atomic E-state index is 0. The summed E-state index contributed by atoms with van der Waals surface area (Å²) in [7, 11) is 0. The Morgan fingerprint density at radius 3 is 2.77 bits per heavy atom. The van der Waals surface area contributed by atoms with Gasteiger partial charge in [-0.2, -0.15) is 0 Å². The zero-order chi connectivity index (χ0) is 8.39. The van der Waals surface area contributed by atoms with Crippen molar-refractivity contribution in [2.45, 2.75) is 6.92 Å². The summed E-state index contributed by atoms with van der Waals surface area (Å²) in [6.45, 7) is 2.08. The Bertz CT molecular complexity index is 365. The van der Waals surface area contributed by atoms with Gasteiger partial charge in [0.2, 0.25) is 0 Å². The number of benzene rings is 1. The Morgan fingerprint density at radius 1 is 1.31 bits per heavy atom. The lowest BCUT2D eigenvalue weighted by Gasteiger charge is -2.01. The summed E-state index contributed by atoms with van der Waals surface area (Å²) in [5.41, 5.74) is 2.42. The van der Waals surface area contributed by atoms with Crippen molar-refractivity contribution < 1.29 is 0 Å². The van der Waals surface area contributed by atoms with Crippen LogP contribution in [0.2, 0.25) is 0 Å². The summed E-state index contributed by atoms with van der Waals surface area (Å²) in [6.07, 6.45) is 5.52. The standard InChI is InChI=1S/C10H10N2.H3N/c1-9-3-2-4-10(7-9)12-6-5-11-8-12;/h2-8H,1H3;1H3. The van der Waals surface area contributed by atoms with E-state index < -0.39 is 0 Å². The van der Waals surface area contributed by atoms with E-state index in [-0.39, 0.29) is 6.15 Å². The van der Waals surface area contributed by atoms with Crippen LogP contribution in [0.3, 0.4) is 0 Å². The molecule has 0 radical (unpaired) electrons. The summed E-state index contributed by atoms with van der Waals surface area (Å²) >= 11 is 0. The van der Waals surface area contributed by atoms with Crippen LogP contribution >= 0.6 is 0 Å². The molecule has 0 aliphatic rings. The Kier molecular flexibility index (Phi) is 2.82. The van der Waals surface area contributed by atoms with Crippen LogP contribution in [0.5, 0.6) is 0 Å². The minimum Gasteiger partial charge on any atom is -0.344 e. The summed E-state index contributed by atoms with van der Waals surface area (Å²) in [6, 6.07) is 8.32. The number of nitrogens with zero attached hydrogens (tertiary/aromatic N) is 2. The van der Waals surface area contributed by atoms with Crippen molar-refractivity contribution in [3.63, 3.8) is 0 Å². The normalized spacial score (nSPS) is 9.31. The topological polar surface area (TPSA) is 52.8 Å². The molecule has 13 heavy (non-hydrogen) atoms. The predicted octanol–water partition coefficient (Wildman–Crippen LogP) is 2.34. The average Bonchev–Trinajstić information content (AvgIpc) is 2.56. The lowest BCUT2D eigenvalue weighted by Crippen LogP contribution is -1.89. The second-order valence-corrected chi connectivity index (χ2v) is 2.81. The van der Waals surface area contributed by atoms with Crippen LogP contribution in [0.1, 0.15) is 5.56 Å². The Labute approximate surface area is 77.6 Å². The summed E-state index contributed by atoms with van der Waals surface area (Å²) in [5, 5.41) is 0. The number of rotatable bonds is 1. The van der Waals surface area contributed by atoms with Crippen molar-refractivity contribution in [1.82, 2.24) is 15.7 Å². The monoisotopic (exact) mass is 175 g/mol. The van der Waals surface area contributed by atoms with Gasteiger partial charge in [0.15, 0.2) is 0 Å². The Morgan fingerprint density at radius 2 is 2.15 bits per heavy atom. The maximum Gasteiger partial charge on any atom is 0.0991 e. The van der Waals surface area contributed by atoms with Gasteiger partial charge in [-0.1, -0.05) is 12.1 Å². The number of aromatic nitrogens is 2. The molecule has 1 heterocycles. The van der Waals surface area contributed by atoms with Gasteiger partial charge in [0.25, 0.3) is 0 Å². The highest BCUT2D eigenvalue weighted by Gasteiger charge is 1.93. The first-order chi connectivity index (χ1) is 5.86. The van der Waals surface area contributed by atoms with Crippen LogP contribution in [0, 0.1) is 6.92 Å². The zero-order valence-corrected chi connectivity index (χ0v) is 7.64. The first kappa shape index (κ1) is 9.48. The minimum atomic E-state index is 0. The lowest BCUT2D eigenvalue weighted by molar-refractivity contribution is 1.05. The molecule has 2 aromatic rings. The van der Waals surface area contributed by atoms with Crippen LogP contribution < -0.4 is 6.15 Å². The van der Waals surface area contributed by atoms with Crippen molar-refractivity contribution in [2.75, 3.05) is 0 Å². The van der Waals surface area contributed by atoms with Crippen LogP contribution in [0.25, 0.3) is 5.69 Å². The highest BCUT2D eigenvalue weighted by molar-refractivity contribution is 5.34. The average molecular weight is 175 g/mol. The SMILES string of the molecule is Cc1cccc(-n2ccnc2)c1.N. The molecule has 2 rings (SSSR count). The maximum atomic E-state index is 3.99. The molecule has 0 bridgehead atoms. The molecule has 0 aliphatic heterocycles. The number of hydrogen-bond acceptors (Lipinski definition) is 2. The third kappa shape index (κ3) is 1.95. The quantitative estimate of drug-likeness (QED) is 0.723. The second kappa shape index (κ2) is 3.87. The van der Waals surface area contributed by atoms with Crippen molar-refractivity contribution in [1.29, 1.82) is 0 Å². The molecule has 0 saturated heterocycles. The Hall–Kier alpha value is -1.61. The molecule has 0 atom stereocenters. The molecule has 1 aromatic carbocycles. The molecule has 0 fully saturated rings. The molecule has 3 heteroatoms. The molecule has 68 valence electrons. The summed E-state index contributed by atoms with van der Waals surface area (Å²) in [4.78, 5) is 3.99. The van der Waals surface area contributed by atoms with Crippen LogP contribution in [-0.2, 0) is 0 Å². The second-order valence-electron chi connectivity index (χ2n) is 2.81. The molecular weight excluding hydrogens is 162 g/mol. The zero-order valence-electron chi connectivity index (χ0n) is 7.64. The highest BCUT2D eigenvalue weighted by Crippen LogP contribution is 2.08. The van der Waals surface area contributed by atoms with E-state index in [4.69, 9.17) is 0 Å². The van der Waals surface area contributed by atoms with Gasteiger partial charge >= 0.3 is 0 Å². The van der Waals surface area contributed by atoms with E-state index in [1.807, 2.05) is 16.8 Å². The Balaban J connectivity index is 0.000000845. The van der Waals surface area contributed by atoms with E-state index in [0.29, 0.717) is 0 Å². The van der Waals surface area contributed by atoms with Crippen LogP contribution in [0.4, 0.5) is 0 Å². The molecule has 1 aromatic heterocycles. The van der Waals surface area contributed by atoms with E-state index in [0.717, 1.165) is 5.69 Å².